The molecule has 1 aromatic heterocycles. The first-order valence-corrected chi connectivity index (χ1v) is 5.35. The number of pyridine rings is 1. The summed E-state index contributed by atoms with van der Waals surface area (Å²) in [4.78, 5) is 15.7. The van der Waals surface area contributed by atoms with E-state index in [1.165, 1.54) is 0 Å². The van der Waals surface area contributed by atoms with Crippen LogP contribution in [0.3, 0.4) is 0 Å². The average Bonchev–Trinajstić information content (AvgIpc) is 2.29. The molecule has 0 saturated carbocycles. The molecule has 0 atom stereocenters. The Morgan fingerprint density at radius 2 is 2.31 bits per heavy atom. The molecule has 0 bridgehead atoms. The van der Waals surface area contributed by atoms with E-state index in [0.717, 1.165) is 12.8 Å². The molecule has 0 saturated heterocycles. The number of aryl methyl sites for hydroxylation is 1. The normalized spacial score (nSPS) is 9.56. The first kappa shape index (κ1) is 12.2. The van der Waals surface area contributed by atoms with Crippen molar-refractivity contribution in [3.8, 4) is 6.07 Å². The van der Waals surface area contributed by atoms with Crippen LogP contribution in [-0.4, -0.2) is 17.4 Å². The molecule has 4 nitrogen and oxygen atoms in total. The molecule has 0 aliphatic heterocycles. The van der Waals surface area contributed by atoms with Crippen LogP contribution in [0.1, 0.15) is 41.5 Å². The highest BCUT2D eigenvalue weighted by Crippen LogP contribution is 2.05. The lowest BCUT2D eigenvalue weighted by atomic mass is 10.2. The fourth-order valence-corrected chi connectivity index (χ4v) is 1.27. The lowest BCUT2D eigenvalue weighted by Crippen LogP contribution is -2.25. The van der Waals surface area contributed by atoms with Gasteiger partial charge in [-0.25, -0.2) is 4.98 Å². The predicted molar refractivity (Wildman–Crippen MR) is 60.9 cm³/mol. The molecule has 1 aromatic rings. The maximum Gasteiger partial charge on any atom is 0.269 e. The second-order valence-electron chi connectivity index (χ2n) is 3.55. The standard InChI is InChI=1S/C12H15N3O/c1-3-4-7-14-12(16)11-6-5-10(8-13)9(2)15-11/h5-6H,3-4,7H2,1-2H3,(H,14,16). The van der Waals surface area contributed by atoms with Crippen molar-refractivity contribution in [3.05, 3.63) is 29.1 Å². The van der Waals surface area contributed by atoms with Gasteiger partial charge in [-0.2, -0.15) is 5.26 Å². The van der Waals surface area contributed by atoms with E-state index >= 15 is 0 Å². The van der Waals surface area contributed by atoms with E-state index in [1.807, 2.05) is 6.07 Å². The highest BCUT2D eigenvalue weighted by molar-refractivity contribution is 5.92. The van der Waals surface area contributed by atoms with Gasteiger partial charge in [0.2, 0.25) is 0 Å². The van der Waals surface area contributed by atoms with E-state index in [1.54, 1.807) is 19.1 Å². The largest absolute Gasteiger partial charge is 0.351 e. The number of nitrogens with one attached hydrogen (secondary N) is 1. The molecular weight excluding hydrogens is 202 g/mol. The molecule has 0 aromatic carbocycles. The number of hydrogen-bond acceptors (Lipinski definition) is 3. The predicted octanol–water partition coefficient (Wildman–Crippen LogP) is 1.79. The SMILES string of the molecule is CCCCNC(=O)c1ccc(C#N)c(C)n1. The van der Waals surface area contributed by atoms with E-state index in [9.17, 15) is 4.79 Å². The van der Waals surface area contributed by atoms with Crippen LogP contribution < -0.4 is 5.32 Å². The monoisotopic (exact) mass is 217 g/mol. The number of amides is 1. The number of unbranched alkanes of at least 4 members (excludes halogenated alkanes) is 1. The van der Waals surface area contributed by atoms with Crippen molar-refractivity contribution in [1.29, 1.82) is 5.26 Å². The molecule has 0 radical (unpaired) electrons. The average molecular weight is 217 g/mol. The van der Waals surface area contributed by atoms with Crippen molar-refractivity contribution in [3.63, 3.8) is 0 Å². The quantitative estimate of drug-likeness (QED) is 0.782. The minimum atomic E-state index is -0.180. The summed E-state index contributed by atoms with van der Waals surface area (Å²) in [5.41, 5.74) is 1.46. The zero-order valence-corrected chi connectivity index (χ0v) is 9.58. The number of aromatic nitrogens is 1. The van der Waals surface area contributed by atoms with Crippen molar-refractivity contribution < 1.29 is 4.79 Å². The topological polar surface area (TPSA) is 65.8 Å². The van der Waals surface area contributed by atoms with Crippen molar-refractivity contribution in [2.75, 3.05) is 6.54 Å². The number of carbonyl (C=O) groups excluding carboxylic acids is 1. The second kappa shape index (κ2) is 5.86. The minimum absolute atomic E-state index is 0.180. The lowest BCUT2D eigenvalue weighted by molar-refractivity contribution is 0.0948. The summed E-state index contributed by atoms with van der Waals surface area (Å²) in [5.74, 6) is -0.180. The summed E-state index contributed by atoms with van der Waals surface area (Å²) in [6.07, 6.45) is 2.00. The Bertz CT molecular complexity index is 421. The number of rotatable bonds is 4. The summed E-state index contributed by atoms with van der Waals surface area (Å²) >= 11 is 0. The molecule has 0 fully saturated rings. The van der Waals surface area contributed by atoms with E-state index < -0.39 is 0 Å². The molecule has 0 spiro atoms. The third-order valence-electron chi connectivity index (χ3n) is 2.25. The van der Waals surface area contributed by atoms with Crippen LogP contribution in [0.25, 0.3) is 0 Å². The summed E-state index contributed by atoms with van der Waals surface area (Å²) in [5, 5.41) is 11.5. The molecule has 84 valence electrons. The molecule has 4 heteroatoms. The Hall–Kier alpha value is -1.89. The van der Waals surface area contributed by atoms with Gasteiger partial charge in [0, 0.05) is 6.54 Å². The van der Waals surface area contributed by atoms with Crippen molar-refractivity contribution in [2.45, 2.75) is 26.7 Å². The number of hydrogen-bond donors (Lipinski definition) is 1. The third-order valence-corrected chi connectivity index (χ3v) is 2.25. The molecule has 1 rings (SSSR count). The summed E-state index contributed by atoms with van der Waals surface area (Å²) in [6, 6.07) is 5.22. The Balaban J connectivity index is 2.70. The number of nitrogens with zero attached hydrogens (tertiary/aromatic N) is 2. The molecule has 1 amide bonds. The maximum atomic E-state index is 11.6. The van der Waals surface area contributed by atoms with Gasteiger partial charge in [-0.1, -0.05) is 13.3 Å². The van der Waals surface area contributed by atoms with Gasteiger partial charge in [-0.05, 0) is 25.5 Å². The van der Waals surface area contributed by atoms with E-state index in [0.29, 0.717) is 23.5 Å². The van der Waals surface area contributed by atoms with Crippen LogP contribution >= 0.6 is 0 Å². The van der Waals surface area contributed by atoms with Crippen molar-refractivity contribution >= 4 is 5.91 Å². The Labute approximate surface area is 95.3 Å². The van der Waals surface area contributed by atoms with E-state index in [-0.39, 0.29) is 5.91 Å². The minimum Gasteiger partial charge on any atom is -0.351 e. The third kappa shape index (κ3) is 3.06. The summed E-state index contributed by atoms with van der Waals surface area (Å²) in [6.45, 7) is 4.45. The Kier molecular flexibility index (Phi) is 4.46. The Morgan fingerprint density at radius 3 is 2.88 bits per heavy atom. The second-order valence-corrected chi connectivity index (χ2v) is 3.55. The summed E-state index contributed by atoms with van der Waals surface area (Å²) in [7, 11) is 0. The van der Waals surface area contributed by atoms with Crippen LogP contribution in [0.5, 0.6) is 0 Å². The Morgan fingerprint density at radius 1 is 1.56 bits per heavy atom. The van der Waals surface area contributed by atoms with Crippen molar-refractivity contribution in [1.82, 2.24) is 10.3 Å². The fraction of sp³-hybridized carbons (Fsp3) is 0.417. The van der Waals surface area contributed by atoms with Crippen LogP contribution in [0.15, 0.2) is 12.1 Å². The van der Waals surface area contributed by atoms with E-state index in [2.05, 4.69) is 17.2 Å². The van der Waals surface area contributed by atoms with Crippen LogP contribution in [0, 0.1) is 18.3 Å². The van der Waals surface area contributed by atoms with Gasteiger partial charge in [0.05, 0.1) is 11.3 Å². The molecule has 16 heavy (non-hydrogen) atoms. The summed E-state index contributed by atoms with van der Waals surface area (Å²) < 4.78 is 0. The first-order chi connectivity index (χ1) is 7.69. The number of carbonyl (C=O) groups is 1. The number of nitriles is 1. The van der Waals surface area contributed by atoms with E-state index in [4.69, 9.17) is 5.26 Å². The van der Waals surface area contributed by atoms with Gasteiger partial charge in [-0.3, -0.25) is 4.79 Å². The molecule has 0 unspecified atom stereocenters. The molecule has 1 N–H and O–H groups in total. The first-order valence-electron chi connectivity index (χ1n) is 5.35. The maximum absolute atomic E-state index is 11.6. The molecular formula is C12H15N3O. The highest BCUT2D eigenvalue weighted by atomic mass is 16.1. The fourth-order valence-electron chi connectivity index (χ4n) is 1.27. The van der Waals surface area contributed by atoms with Gasteiger partial charge >= 0.3 is 0 Å². The smallest absolute Gasteiger partial charge is 0.269 e. The zero-order valence-electron chi connectivity index (χ0n) is 9.58. The van der Waals surface area contributed by atoms with Crippen LogP contribution in [-0.2, 0) is 0 Å². The molecule has 0 aliphatic carbocycles. The van der Waals surface area contributed by atoms with Gasteiger partial charge in [0.15, 0.2) is 0 Å². The molecule has 1 heterocycles. The zero-order chi connectivity index (χ0) is 12.0. The van der Waals surface area contributed by atoms with Crippen LogP contribution in [0.4, 0.5) is 0 Å². The van der Waals surface area contributed by atoms with Gasteiger partial charge in [0.1, 0.15) is 11.8 Å². The van der Waals surface area contributed by atoms with Crippen molar-refractivity contribution in [2.24, 2.45) is 0 Å². The van der Waals surface area contributed by atoms with Gasteiger partial charge in [-0.15, -0.1) is 0 Å². The lowest BCUT2D eigenvalue weighted by Gasteiger charge is -2.04. The van der Waals surface area contributed by atoms with Gasteiger partial charge < -0.3 is 5.32 Å². The molecule has 0 aliphatic rings. The van der Waals surface area contributed by atoms with Gasteiger partial charge in [0.25, 0.3) is 5.91 Å². The van der Waals surface area contributed by atoms with Crippen LogP contribution in [0.2, 0.25) is 0 Å². The highest BCUT2D eigenvalue weighted by Gasteiger charge is 2.08.